The molecule has 0 aromatic carbocycles. The molecular formula is C4H6N3Y. The van der Waals surface area contributed by atoms with Crippen LogP contribution in [0.1, 0.15) is 5.69 Å². The van der Waals surface area contributed by atoms with Crippen molar-refractivity contribution in [3.8, 4) is 0 Å². The molecule has 0 atom stereocenters. The zero-order valence-corrected chi connectivity index (χ0v) is 7.76. The van der Waals surface area contributed by atoms with Crippen molar-refractivity contribution >= 4 is 2.50 Å². The molecule has 8 heavy (non-hydrogen) atoms. The van der Waals surface area contributed by atoms with Gasteiger partial charge in [-0.25, -0.2) is 0 Å². The van der Waals surface area contributed by atoms with Crippen LogP contribution in [0.2, 0.25) is 0 Å². The Labute approximate surface area is 67.9 Å². The first-order valence-corrected chi connectivity index (χ1v) is 3.75. The molecule has 1 aromatic rings. The molecule has 0 saturated heterocycles. The second-order valence-corrected chi connectivity index (χ2v) is 3.00. The van der Waals surface area contributed by atoms with Crippen LogP contribution in [0.25, 0.3) is 0 Å². The first kappa shape index (κ1) is 6.37. The molecule has 0 aliphatic carbocycles. The van der Waals surface area contributed by atoms with Gasteiger partial charge in [-0.2, -0.15) is 0 Å². The van der Waals surface area contributed by atoms with E-state index in [4.69, 9.17) is 0 Å². The van der Waals surface area contributed by atoms with Crippen molar-refractivity contribution in [1.29, 1.82) is 0 Å². The number of aromatic nitrogens is 3. The fraction of sp³-hybridized carbons (Fsp3) is 0.500. The molecular weight excluding hydrogens is 179 g/mol. The molecule has 1 rings (SSSR count). The van der Waals surface area contributed by atoms with E-state index >= 15 is 0 Å². The Morgan fingerprint density at radius 2 is 2.12 bits per heavy atom. The number of hydrogen-bond donors (Lipinski definition) is 0. The van der Waals surface area contributed by atoms with E-state index in [0.717, 1.165) is 39.2 Å². The van der Waals surface area contributed by atoms with Crippen LogP contribution in [-0.2, 0) is 38.0 Å². The molecule has 0 saturated carbocycles. The van der Waals surface area contributed by atoms with E-state index in [1.807, 2.05) is 14.0 Å². The number of rotatable bonds is 0. The van der Waals surface area contributed by atoms with Gasteiger partial charge in [-0.15, -0.1) is 0 Å². The molecule has 0 bridgehead atoms. The topological polar surface area (TPSA) is 30.7 Å². The number of hydrogen-bond acceptors (Lipinski definition) is 2. The van der Waals surface area contributed by atoms with Gasteiger partial charge in [0.1, 0.15) is 0 Å². The molecule has 1 aromatic heterocycles. The van der Waals surface area contributed by atoms with Crippen molar-refractivity contribution in [1.82, 2.24) is 15.0 Å². The molecule has 3 nitrogen and oxygen atoms in total. The third kappa shape index (κ3) is 1.15. The molecule has 0 aliphatic rings. The standard InChI is InChI=1S/C4H6N3.Y/c1-4-3-5-7(2)6-4;/h1-2H3;. The minimum absolute atomic E-state index is 1.06. The zero-order chi connectivity index (χ0) is 6.15. The van der Waals surface area contributed by atoms with E-state index in [9.17, 15) is 0 Å². The van der Waals surface area contributed by atoms with E-state index in [2.05, 4.69) is 10.2 Å². The SMILES string of the molecule is Cc1nn(C)n[c]1[Y]. The third-order valence-electron chi connectivity index (χ3n) is 0.918. The molecule has 0 radical (unpaired) electrons. The van der Waals surface area contributed by atoms with Crippen LogP contribution in [-0.4, -0.2) is 15.0 Å². The van der Waals surface area contributed by atoms with Gasteiger partial charge < -0.3 is 0 Å². The second-order valence-electron chi connectivity index (χ2n) is 1.66. The molecule has 0 spiro atoms. The average molecular weight is 185 g/mol. The summed E-state index contributed by atoms with van der Waals surface area (Å²) in [6.45, 7) is 1.98. The molecule has 4 heteroatoms. The molecule has 1 heterocycles. The van der Waals surface area contributed by atoms with Crippen molar-refractivity contribution < 1.29 is 31.0 Å². The van der Waals surface area contributed by atoms with Crippen molar-refractivity contribution in [2.45, 2.75) is 6.92 Å². The van der Waals surface area contributed by atoms with Crippen LogP contribution in [0.3, 0.4) is 0 Å². The first-order valence-electron chi connectivity index (χ1n) is 2.33. The number of nitrogens with zero attached hydrogens (tertiary/aromatic N) is 3. The Kier molecular flexibility index (Phi) is 1.78. The van der Waals surface area contributed by atoms with Crippen LogP contribution >= 0.6 is 0 Å². The summed E-state index contributed by atoms with van der Waals surface area (Å²) in [6, 6.07) is 0. The fourth-order valence-corrected chi connectivity index (χ4v) is 1.07. The monoisotopic (exact) mass is 185 g/mol. The van der Waals surface area contributed by atoms with E-state index < -0.39 is 0 Å². The van der Waals surface area contributed by atoms with Crippen molar-refractivity contribution in [2.24, 2.45) is 7.05 Å². The molecule has 40 valence electrons. The quantitative estimate of drug-likeness (QED) is 0.534. The van der Waals surface area contributed by atoms with Gasteiger partial charge >= 0.3 is 68.1 Å². The summed E-state index contributed by atoms with van der Waals surface area (Å²) in [5.74, 6) is 0. The van der Waals surface area contributed by atoms with Crippen LogP contribution in [0.4, 0.5) is 0 Å². The van der Waals surface area contributed by atoms with E-state index in [0.29, 0.717) is 0 Å². The van der Waals surface area contributed by atoms with Gasteiger partial charge in [0.15, 0.2) is 0 Å². The van der Waals surface area contributed by atoms with E-state index in [-0.39, 0.29) is 0 Å². The zero-order valence-electron chi connectivity index (χ0n) is 4.92. The van der Waals surface area contributed by atoms with Gasteiger partial charge in [-0.1, -0.05) is 0 Å². The van der Waals surface area contributed by atoms with Gasteiger partial charge in [0.05, 0.1) is 0 Å². The van der Waals surface area contributed by atoms with Crippen molar-refractivity contribution in [3.05, 3.63) is 5.69 Å². The van der Waals surface area contributed by atoms with Gasteiger partial charge in [0.25, 0.3) is 0 Å². The minimum atomic E-state index is 1.06. The molecule has 0 N–H and O–H groups in total. The van der Waals surface area contributed by atoms with E-state index in [1.54, 1.807) is 4.80 Å². The summed E-state index contributed by atoms with van der Waals surface area (Å²) in [6.07, 6.45) is 0. The Balaban J connectivity index is 3.14. The Hall–Kier alpha value is 0.244. The molecule has 0 unspecified atom stereocenters. The van der Waals surface area contributed by atoms with Crippen LogP contribution in [0, 0.1) is 6.92 Å². The van der Waals surface area contributed by atoms with Crippen molar-refractivity contribution in [2.75, 3.05) is 0 Å². The summed E-state index contributed by atoms with van der Waals surface area (Å²) in [5, 5.41) is 8.12. The van der Waals surface area contributed by atoms with Gasteiger partial charge in [-0.3, -0.25) is 0 Å². The predicted molar refractivity (Wildman–Crippen MR) is 25.4 cm³/mol. The summed E-state index contributed by atoms with van der Waals surface area (Å²) in [5.41, 5.74) is 1.06. The normalized spacial score (nSPS) is 9.62. The maximum absolute atomic E-state index is 4.07. The second kappa shape index (κ2) is 2.23. The Morgan fingerprint density at radius 1 is 1.50 bits per heavy atom. The Morgan fingerprint density at radius 3 is 2.25 bits per heavy atom. The van der Waals surface area contributed by atoms with Crippen LogP contribution in [0.15, 0.2) is 0 Å². The summed E-state index contributed by atoms with van der Waals surface area (Å²) < 4.78 is 1.14. The van der Waals surface area contributed by atoms with Gasteiger partial charge in [0, 0.05) is 0 Å². The first-order chi connectivity index (χ1) is 3.70. The molecule has 0 amide bonds. The summed E-state index contributed by atoms with van der Waals surface area (Å²) in [4.78, 5) is 1.61. The average Bonchev–Trinajstić information content (AvgIpc) is 1.85. The fourth-order valence-electron chi connectivity index (χ4n) is 0.519. The van der Waals surface area contributed by atoms with Crippen LogP contribution < -0.4 is 2.50 Å². The maximum atomic E-state index is 4.07. The van der Waals surface area contributed by atoms with Gasteiger partial charge in [-0.05, 0) is 0 Å². The Bertz CT molecular complexity index is 174. The summed E-state index contributed by atoms with van der Waals surface area (Å²) >= 11 is 1.06. The summed E-state index contributed by atoms with van der Waals surface area (Å²) in [7, 11) is 1.84. The van der Waals surface area contributed by atoms with E-state index in [1.165, 1.54) is 0 Å². The van der Waals surface area contributed by atoms with Crippen LogP contribution in [0.5, 0.6) is 0 Å². The number of aryl methyl sites for hydroxylation is 2. The van der Waals surface area contributed by atoms with Gasteiger partial charge in [0.2, 0.25) is 0 Å². The molecule has 0 aliphatic heterocycles. The predicted octanol–water partition coefficient (Wildman–Crippen LogP) is -0.704. The third-order valence-corrected chi connectivity index (χ3v) is 2.23. The molecule has 0 fully saturated rings. The van der Waals surface area contributed by atoms with Crippen molar-refractivity contribution in [3.63, 3.8) is 0 Å².